The van der Waals surface area contributed by atoms with Crippen LogP contribution < -0.4 is 16.6 Å². The van der Waals surface area contributed by atoms with Gasteiger partial charge < -0.3 is 5.32 Å². The highest BCUT2D eigenvalue weighted by Gasteiger charge is 2.10. The van der Waals surface area contributed by atoms with E-state index in [-0.39, 0.29) is 6.42 Å². The normalized spacial score (nSPS) is 10.2. The summed E-state index contributed by atoms with van der Waals surface area (Å²) in [5.41, 5.74) is 2.71. The van der Waals surface area contributed by atoms with Crippen molar-refractivity contribution in [1.82, 2.24) is 10.4 Å². The van der Waals surface area contributed by atoms with Crippen LogP contribution in [0.2, 0.25) is 0 Å². The van der Waals surface area contributed by atoms with E-state index in [9.17, 15) is 9.59 Å². The Hall–Kier alpha value is -1.99. The molecule has 0 aliphatic rings. The van der Waals surface area contributed by atoms with Crippen molar-refractivity contribution < 1.29 is 9.59 Å². The van der Waals surface area contributed by atoms with E-state index >= 15 is 0 Å². The summed E-state index contributed by atoms with van der Waals surface area (Å²) in [7, 11) is 0. The smallest absolute Gasteiger partial charge is 0.243 e. The van der Waals surface area contributed by atoms with Crippen molar-refractivity contribution in [2.75, 3.05) is 5.32 Å². The maximum atomic E-state index is 11.4. The number of anilines is 1. The minimum absolute atomic E-state index is 0.313. The van der Waals surface area contributed by atoms with Crippen LogP contribution in [0.15, 0.2) is 24.3 Å². The zero-order valence-corrected chi connectivity index (χ0v) is 9.58. The van der Waals surface area contributed by atoms with Crippen LogP contribution in [0.3, 0.4) is 0 Å². The lowest BCUT2D eigenvalue weighted by molar-refractivity contribution is -0.126. The van der Waals surface area contributed by atoms with E-state index in [0.29, 0.717) is 5.13 Å². The number of nitrogens with one attached hydrogen (secondary N) is 2. The highest BCUT2D eigenvalue weighted by molar-refractivity contribution is 7.22. The van der Waals surface area contributed by atoms with Gasteiger partial charge in [0.25, 0.3) is 0 Å². The molecular formula is C10H10N4O2S. The number of thiazole rings is 1. The van der Waals surface area contributed by atoms with Gasteiger partial charge in [0, 0.05) is 0 Å². The molecule has 0 spiro atoms. The molecule has 88 valence electrons. The number of rotatable bonds is 3. The highest BCUT2D eigenvalue weighted by atomic mass is 32.1. The largest absolute Gasteiger partial charge is 0.301 e. The number of nitrogens with two attached hydrogens (primary N) is 1. The van der Waals surface area contributed by atoms with E-state index in [0.717, 1.165) is 10.2 Å². The first-order valence-corrected chi connectivity index (χ1v) is 5.65. The molecule has 0 saturated carbocycles. The zero-order valence-electron chi connectivity index (χ0n) is 8.77. The van der Waals surface area contributed by atoms with Crippen molar-refractivity contribution in [2.24, 2.45) is 5.84 Å². The standard InChI is InChI=1S/C10H10N4O2S/c11-14-9(16)5-8(15)13-10-12-6-3-1-2-4-7(6)17-10/h1-4H,5,11H2,(H,14,16)(H,12,13,15). The van der Waals surface area contributed by atoms with Crippen molar-refractivity contribution >= 4 is 38.5 Å². The number of amides is 2. The number of hydrogen-bond donors (Lipinski definition) is 3. The lowest BCUT2D eigenvalue weighted by Gasteiger charge is -1.99. The van der Waals surface area contributed by atoms with Crippen molar-refractivity contribution in [1.29, 1.82) is 0 Å². The zero-order chi connectivity index (χ0) is 12.3. The molecular weight excluding hydrogens is 240 g/mol. The SMILES string of the molecule is NNC(=O)CC(=O)Nc1nc2ccccc2s1. The quantitative estimate of drug-likeness (QED) is 0.322. The van der Waals surface area contributed by atoms with Crippen molar-refractivity contribution in [3.05, 3.63) is 24.3 Å². The number of aromatic nitrogens is 1. The van der Waals surface area contributed by atoms with Gasteiger partial charge in [-0.1, -0.05) is 23.5 Å². The van der Waals surface area contributed by atoms with Gasteiger partial charge in [-0.05, 0) is 12.1 Å². The first-order valence-electron chi connectivity index (χ1n) is 4.84. The molecule has 0 unspecified atom stereocenters. The van der Waals surface area contributed by atoms with Crippen molar-refractivity contribution in [2.45, 2.75) is 6.42 Å². The number of nitrogens with zero attached hydrogens (tertiary/aromatic N) is 1. The number of para-hydroxylation sites is 1. The maximum Gasteiger partial charge on any atom is 0.243 e. The van der Waals surface area contributed by atoms with Crippen LogP contribution >= 0.6 is 11.3 Å². The molecule has 17 heavy (non-hydrogen) atoms. The highest BCUT2D eigenvalue weighted by Crippen LogP contribution is 2.25. The molecule has 0 bridgehead atoms. The molecule has 0 fully saturated rings. The summed E-state index contributed by atoms with van der Waals surface area (Å²) < 4.78 is 0.978. The van der Waals surface area contributed by atoms with Gasteiger partial charge in [0.05, 0.1) is 10.2 Å². The number of hydrogen-bond acceptors (Lipinski definition) is 5. The van der Waals surface area contributed by atoms with Crippen LogP contribution in [-0.4, -0.2) is 16.8 Å². The molecule has 0 aliphatic heterocycles. The molecule has 0 saturated heterocycles. The summed E-state index contributed by atoms with van der Waals surface area (Å²) in [6.45, 7) is 0. The molecule has 2 rings (SSSR count). The Morgan fingerprint density at radius 3 is 2.76 bits per heavy atom. The Morgan fingerprint density at radius 1 is 1.29 bits per heavy atom. The molecule has 1 heterocycles. The third-order valence-electron chi connectivity index (χ3n) is 2.02. The lowest BCUT2D eigenvalue weighted by Crippen LogP contribution is -2.33. The second-order valence-electron chi connectivity index (χ2n) is 3.28. The van der Waals surface area contributed by atoms with Gasteiger partial charge in [0.15, 0.2) is 5.13 Å². The number of hydrazine groups is 1. The first kappa shape index (κ1) is 11.5. The monoisotopic (exact) mass is 250 g/mol. The molecule has 1 aromatic heterocycles. The second-order valence-corrected chi connectivity index (χ2v) is 4.31. The predicted molar refractivity (Wildman–Crippen MR) is 65.2 cm³/mol. The van der Waals surface area contributed by atoms with Gasteiger partial charge in [-0.15, -0.1) is 0 Å². The van der Waals surface area contributed by atoms with Crippen LogP contribution in [0.1, 0.15) is 6.42 Å². The average molecular weight is 250 g/mol. The third kappa shape index (κ3) is 2.77. The van der Waals surface area contributed by atoms with Gasteiger partial charge in [-0.25, -0.2) is 10.8 Å². The summed E-state index contributed by atoms with van der Waals surface area (Å²) >= 11 is 1.35. The second kappa shape index (κ2) is 4.89. The Labute approximate surface area is 101 Å². The fourth-order valence-corrected chi connectivity index (χ4v) is 2.17. The number of carbonyl (C=O) groups excluding carboxylic acids is 2. The summed E-state index contributed by atoms with van der Waals surface area (Å²) in [4.78, 5) is 26.5. The van der Waals surface area contributed by atoms with Gasteiger partial charge >= 0.3 is 0 Å². The predicted octanol–water partition coefficient (Wildman–Crippen LogP) is 0.615. The van der Waals surface area contributed by atoms with Gasteiger partial charge in [-0.3, -0.25) is 15.0 Å². The molecule has 2 amide bonds. The van der Waals surface area contributed by atoms with Gasteiger partial charge in [0.1, 0.15) is 6.42 Å². The fourth-order valence-electron chi connectivity index (χ4n) is 1.29. The summed E-state index contributed by atoms with van der Waals surface area (Å²) in [6.07, 6.45) is -0.313. The Kier molecular flexibility index (Phi) is 3.31. The van der Waals surface area contributed by atoms with E-state index in [4.69, 9.17) is 5.84 Å². The lowest BCUT2D eigenvalue weighted by atomic mass is 10.3. The van der Waals surface area contributed by atoms with E-state index in [2.05, 4.69) is 10.3 Å². The number of benzene rings is 1. The minimum atomic E-state index is -0.538. The molecule has 0 atom stereocenters. The Bertz CT molecular complexity index is 533. The summed E-state index contributed by atoms with van der Waals surface area (Å²) in [5, 5.41) is 3.02. The fraction of sp³-hybridized carbons (Fsp3) is 0.100. The van der Waals surface area contributed by atoms with Crippen LogP contribution in [0.25, 0.3) is 10.2 Å². The van der Waals surface area contributed by atoms with Crippen LogP contribution in [0.5, 0.6) is 0 Å². The average Bonchev–Trinajstić information content (AvgIpc) is 2.70. The summed E-state index contributed by atoms with van der Waals surface area (Å²) in [6, 6.07) is 7.53. The third-order valence-corrected chi connectivity index (χ3v) is 2.97. The summed E-state index contributed by atoms with van der Waals surface area (Å²) in [5.74, 6) is 3.91. The van der Waals surface area contributed by atoms with Crippen molar-refractivity contribution in [3.63, 3.8) is 0 Å². The van der Waals surface area contributed by atoms with Gasteiger partial charge in [0.2, 0.25) is 11.8 Å². The van der Waals surface area contributed by atoms with Crippen LogP contribution in [0, 0.1) is 0 Å². The minimum Gasteiger partial charge on any atom is -0.301 e. The Balaban J connectivity index is 2.08. The van der Waals surface area contributed by atoms with Crippen LogP contribution in [0.4, 0.5) is 5.13 Å². The molecule has 0 aliphatic carbocycles. The van der Waals surface area contributed by atoms with Crippen LogP contribution in [-0.2, 0) is 9.59 Å². The number of fused-ring (bicyclic) bond motifs is 1. The molecule has 0 radical (unpaired) electrons. The topological polar surface area (TPSA) is 97.1 Å². The Morgan fingerprint density at radius 2 is 2.06 bits per heavy atom. The van der Waals surface area contributed by atoms with E-state index in [1.54, 1.807) is 0 Å². The van der Waals surface area contributed by atoms with E-state index < -0.39 is 11.8 Å². The van der Waals surface area contributed by atoms with E-state index in [1.165, 1.54) is 11.3 Å². The molecule has 4 N–H and O–H groups in total. The number of carbonyl (C=O) groups is 2. The molecule has 7 heteroatoms. The van der Waals surface area contributed by atoms with Crippen molar-refractivity contribution in [3.8, 4) is 0 Å². The molecule has 1 aromatic carbocycles. The van der Waals surface area contributed by atoms with E-state index in [1.807, 2.05) is 29.7 Å². The first-order chi connectivity index (χ1) is 8.19. The molecule has 2 aromatic rings. The van der Waals surface area contributed by atoms with Gasteiger partial charge in [-0.2, -0.15) is 0 Å². The maximum absolute atomic E-state index is 11.4. The molecule has 6 nitrogen and oxygen atoms in total.